The van der Waals surface area contributed by atoms with Gasteiger partial charge in [0.1, 0.15) is 0 Å². The van der Waals surface area contributed by atoms with Gasteiger partial charge in [0, 0.05) is 17.8 Å². The van der Waals surface area contributed by atoms with Crippen molar-refractivity contribution in [2.75, 3.05) is 0 Å². The van der Waals surface area contributed by atoms with Crippen LogP contribution in [0.25, 0.3) is 0 Å². The topological polar surface area (TPSA) is 33.1 Å². The highest BCUT2D eigenvalue weighted by molar-refractivity contribution is 5.35. The number of aryl methyl sites for hydroxylation is 1. The minimum atomic E-state index is -0.796. The highest BCUT2D eigenvalue weighted by Crippen LogP contribution is 2.46. The van der Waals surface area contributed by atoms with Crippen LogP contribution in [0.5, 0.6) is 0 Å². The van der Waals surface area contributed by atoms with Gasteiger partial charge in [0.25, 0.3) is 0 Å². The number of pyridine rings is 1. The lowest BCUT2D eigenvalue weighted by Crippen LogP contribution is -2.33. The summed E-state index contributed by atoms with van der Waals surface area (Å²) in [6.07, 6.45) is 5.58. The molecule has 0 fully saturated rings. The van der Waals surface area contributed by atoms with Gasteiger partial charge >= 0.3 is 0 Å². The van der Waals surface area contributed by atoms with Gasteiger partial charge in [0.2, 0.25) is 0 Å². The first-order valence-corrected chi connectivity index (χ1v) is 7.47. The smallest absolute Gasteiger partial charge is 0.0979 e. The van der Waals surface area contributed by atoms with Gasteiger partial charge in [-0.05, 0) is 36.5 Å². The first kappa shape index (κ1) is 13.3. The number of rotatable bonds is 4. The van der Waals surface area contributed by atoms with Gasteiger partial charge in [-0.15, -0.1) is 0 Å². The summed E-state index contributed by atoms with van der Waals surface area (Å²) >= 11 is 0. The van der Waals surface area contributed by atoms with E-state index in [2.05, 4.69) is 18.0 Å². The molecular formula is C18H21NO. The van der Waals surface area contributed by atoms with Crippen molar-refractivity contribution >= 4 is 0 Å². The molecule has 3 rings (SSSR count). The highest BCUT2D eigenvalue weighted by atomic mass is 16.3. The molecule has 0 spiro atoms. The number of hydrogen-bond donors (Lipinski definition) is 1. The lowest BCUT2D eigenvalue weighted by Gasteiger charge is -2.34. The van der Waals surface area contributed by atoms with E-state index >= 15 is 0 Å². The molecule has 2 nitrogen and oxygen atoms in total. The Labute approximate surface area is 120 Å². The fourth-order valence-corrected chi connectivity index (χ4v) is 3.51. The molecule has 0 bridgehead atoms. The van der Waals surface area contributed by atoms with E-state index in [0.29, 0.717) is 0 Å². The monoisotopic (exact) mass is 267 g/mol. The van der Waals surface area contributed by atoms with Crippen LogP contribution in [0.4, 0.5) is 0 Å². The zero-order chi connectivity index (χ0) is 14.0. The van der Waals surface area contributed by atoms with E-state index in [-0.39, 0.29) is 5.92 Å². The molecule has 0 aliphatic heterocycles. The van der Waals surface area contributed by atoms with Crippen molar-refractivity contribution in [2.24, 2.45) is 0 Å². The van der Waals surface area contributed by atoms with Gasteiger partial charge in [-0.25, -0.2) is 0 Å². The Morgan fingerprint density at radius 3 is 2.75 bits per heavy atom. The van der Waals surface area contributed by atoms with Crippen molar-refractivity contribution in [3.05, 3.63) is 65.5 Å². The average Bonchev–Trinajstić information content (AvgIpc) is 2.93. The fourth-order valence-electron chi connectivity index (χ4n) is 3.51. The zero-order valence-corrected chi connectivity index (χ0v) is 11.9. The van der Waals surface area contributed by atoms with Gasteiger partial charge in [-0.2, -0.15) is 0 Å². The molecule has 1 aliphatic carbocycles. The molecule has 1 aromatic heterocycles. The van der Waals surface area contributed by atoms with Crippen LogP contribution in [0.3, 0.4) is 0 Å². The molecule has 2 aromatic rings. The predicted octanol–water partition coefficient (Wildman–Crippen LogP) is 3.80. The molecule has 1 N–H and O–H groups in total. The first-order chi connectivity index (χ1) is 9.75. The number of aromatic nitrogens is 1. The molecule has 2 unspecified atom stereocenters. The van der Waals surface area contributed by atoms with E-state index in [1.165, 1.54) is 5.56 Å². The Morgan fingerprint density at radius 2 is 2.00 bits per heavy atom. The maximum Gasteiger partial charge on any atom is 0.0979 e. The van der Waals surface area contributed by atoms with Crippen molar-refractivity contribution in [1.29, 1.82) is 0 Å². The van der Waals surface area contributed by atoms with Crippen molar-refractivity contribution < 1.29 is 5.11 Å². The van der Waals surface area contributed by atoms with Crippen LogP contribution in [0.15, 0.2) is 48.7 Å². The van der Waals surface area contributed by atoms with Crippen LogP contribution >= 0.6 is 0 Å². The highest BCUT2D eigenvalue weighted by Gasteiger charge is 2.42. The van der Waals surface area contributed by atoms with Crippen molar-refractivity contribution in [2.45, 2.75) is 44.1 Å². The third-order valence-electron chi connectivity index (χ3n) is 4.44. The van der Waals surface area contributed by atoms with E-state index in [1.807, 2.05) is 42.6 Å². The van der Waals surface area contributed by atoms with Crippen LogP contribution in [-0.2, 0) is 12.0 Å². The van der Waals surface area contributed by atoms with E-state index in [4.69, 9.17) is 0 Å². The molecule has 0 radical (unpaired) electrons. The molecule has 0 amide bonds. The molecule has 1 heterocycles. The van der Waals surface area contributed by atoms with E-state index in [1.54, 1.807) is 0 Å². The molecular weight excluding hydrogens is 246 g/mol. The second-order valence-electron chi connectivity index (χ2n) is 5.68. The predicted molar refractivity (Wildman–Crippen MR) is 80.5 cm³/mol. The summed E-state index contributed by atoms with van der Waals surface area (Å²) in [7, 11) is 0. The molecule has 2 atom stereocenters. The number of aliphatic hydroxyl groups is 1. The van der Waals surface area contributed by atoms with Crippen LogP contribution < -0.4 is 0 Å². The summed E-state index contributed by atoms with van der Waals surface area (Å²) in [6, 6.07) is 14.2. The quantitative estimate of drug-likeness (QED) is 0.914. The van der Waals surface area contributed by atoms with Gasteiger partial charge in [0.05, 0.1) is 5.60 Å². The minimum absolute atomic E-state index is 0.112. The van der Waals surface area contributed by atoms with Crippen LogP contribution in [0, 0.1) is 0 Å². The van der Waals surface area contributed by atoms with Crippen molar-refractivity contribution in [1.82, 2.24) is 4.98 Å². The van der Waals surface area contributed by atoms with Gasteiger partial charge < -0.3 is 5.11 Å². The fraction of sp³-hybridized carbons (Fsp3) is 0.389. The molecule has 1 aliphatic rings. The van der Waals surface area contributed by atoms with E-state index in [9.17, 15) is 5.11 Å². The lowest BCUT2D eigenvalue weighted by molar-refractivity contribution is -0.00317. The Morgan fingerprint density at radius 1 is 1.20 bits per heavy atom. The van der Waals surface area contributed by atoms with E-state index in [0.717, 1.165) is 36.9 Å². The molecule has 1 aromatic carbocycles. The second-order valence-corrected chi connectivity index (χ2v) is 5.68. The third kappa shape index (κ3) is 2.14. The molecule has 0 saturated carbocycles. The average molecular weight is 267 g/mol. The SMILES string of the molecule is CCCC(O)(c1ccccc1)C1CCc2cccnc21. The molecule has 0 saturated heterocycles. The van der Waals surface area contributed by atoms with Crippen LogP contribution in [0.2, 0.25) is 0 Å². The number of fused-ring (bicyclic) bond motifs is 1. The summed E-state index contributed by atoms with van der Waals surface area (Å²) in [5.74, 6) is 0.112. The lowest BCUT2D eigenvalue weighted by atomic mass is 9.76. The second kappa shape index (κ2) is 5.37. The van der Waals surface area contributed by atoms with Gasteiger partial charge in [-0.1, -0.05) is 49.7 Å². The van der Waals surface area contributed by atoms with Crippen LogP contribution in [0.1, 0.15) is 48.9 Å². The van der Waals surface area contributed by atoms with Gasteiger partial charge in [0.15, 0.2) is 0 Å². The van der Waals surface area contributed by atoms with Gasteiger partial charge in [-0.3, -0.25) is 4.98 Å². The summed E-state index contributed by atoms with van der Waals surface area (Å²) < 4.78 is 0. The Balaban J connectivity index is 2.04. The maximum atomic E-state index is 11.4. The molecule has 2 heteroatoms. The Bertz CT molecular complexity index is 581. The largest absolute Gasteiger partial charge is 0.384 e. The van der Waals surface area contributed by atoms with Crippen LogP contribution in [-0.4, -0.2) is 10.1 Å². The number of benzene rings is 1. The number of nitrogens with zero attached hydrogens (tertiary/aromatic N) is 1. The van der Waals surface area contributed by atoms with Crippen molar-refractivity contribution in [3.63, 3.8) is 0 Å². The first-order valence-electron chi connectivity index (χ1n) is 7.47. The normalized spacial score (nSPS) is 20.4. The maximum absolute atomic E-state index is 11.4. The molecule has 20 heavy (non-hydrogen) atoms. The summed E-state index contributed by atoms with van der Waals surface area (Å²) in [4.78, 5) is 4.55. The standard InChI is InChI=1S/C18H21NO/c1-2-12-18(20,15-8-4-3-5-9-15)16-11-10-14-7-6-13-19-17(14)16/h3-9,13,16,20H,2,10-12H2,1H3. The zero-order valence-electron chi connectivity index (χ0n) is 11.9. The Kier molecular flexibility index (Phi) is 3.58. The van der Waals surface area contributed by atoms with Crippen molar-refractivity contribution in [3.8, 4) is 0 Å². The summed E-state index contributed by atoms with van der Waals surface area (Å²) in [5.41, 5.74) is 2.61. The number of hydrogen-bond acceptors (Lipinski definition) is 2. The van der Waals surface area contributed by atoms with E-state index < -0.39 is 5.60 Å². The minimum Gasteiger partial charge on any atom is -0.384 e. The summed E-state index contributed by atoms with van der Waals surface area (Å²) in [5, 5.41) is 11.4. The third-order valence-corrected chi connectivity index (χ3v) is 4.44. The summed E-state index contributed by atoms with van der Waals surface area (Å²) in [6.45, 7) is 2.13. The molecule has 104 valence electrons. The Hall–Kier alpha value is -1.67.